The van der Waals surface area contributed by atoms with Crippen LogP contribution in [0.3, 0.4) is 0 Å². The summed E-state index contributed by atoms with van der Waals surface area (Å²) in [6.07, 6.45) is 17.3. The Labute approximate surface area is 326 Å². The van der Waals surface area contributed by atoms with Gasteiger partial charge in [0.25, 0.3) is 0 Å². The number of hydrogen-bond acceptors (Lipinski definition) is 13. The number of amides is 3. The predicted octanol–water partition coefficient (Wildman–Crippen LogP) is 0.265. The number of nitrogens with one attached hydrogen (secondary N) is 4. The number of ether oxygens (including phenoxy) is 6. The number of carbonyl (C=O) groups is 4. The van der Waals surface area contributed by atoms with Gasteiger partial charge in [-0.2, -0.15) is 0 Å². The van der Waals surface area contributed by atoms with E-state index in [1.54, 1.807) is 0 Å². The van der Waals surface area contributed by atoms with E-state index in [-0.39, 0.29) is 116 Å². The normalized spacial score (nSPS) is 11.8. The van der Waals surface area contributed by atoms with E-state index in [1.807, 2.05) is 0 Å². The van der Waals surface area contributed by atoms with Crippen LogP contribution in [0.4, 0.5) is 0 Å². The minimum atomic E-state index is -2.75. The quantitative estimate of drug-likeness (QED) is 0.0244. The Morgan fingerprint density at radius 2 is 1.13 bits per heavy atom. The highest BCUT2D eigenvalue weighted by atomic mass is 31.1. The monoisotopic (exact) mass is 799 g/mol. The summed E-state index contributed by atoms with van der Waals surface area (Å²) in [7, 11) is -2.75. The first-order chi connectivity index (χ1) is 26.7. The molecule has 0 radical (unpaired) electrons. The molecule has 0 bridgehead atoms. The molecule has 2 unspecified atom stereocenters. The Kier molecular flexibility index (Phi) is 35.0. The summed E-state index contributed by atoms with van der Waals surface area (Å²) >= 11 is 0. The summed E-state index contributed by atoms with van der Waals surface area (Å²) in [4.78, 5) is 60.5. The van der Waals surface area contributed by atoms with Crippen molar-refractivity contribution in [3.05, 3.63) is 0 Å². The van der Waals surface area contributed by atoms with Gasteiger partial charge in [-0.1, -0.05) is 17.8 Å². The van der Waals surface area contributed by atoms with Crippen LogP contribution in [0.25, 0.3) is 0 Å². The van der Waals surface area contributed by atoms with Gasteiger partial charge in [0.2, 0.25) is 17.7 Å². The first-order valence-corrected chi connectivity index (χ1v) is 19.4. The van der Waals surface area contributed by atoms with Gasteiger partial charge in [0.15, 0.2) is 0 Å². The molecule has 0 aromatic carbocycles. The van der Waals surface area contributed by atoms with Crippen LogP contribution in [-0.4, -0.2) is 147 Å². The van der Waals surface area contributed by atoms with Crippen molar-refractivity contribution in [1.29, 1.82) is 0 Å². The summed E-state index contributed by atoms with van der Waals surface area (Å²) in [5, 5.41) is 11.8. The van der Waals surface area contributed by atoms with Crippen molar-refractivity contribution in [2.45, 2.75) is 56.9 Å². The fraction of sp³-hybridized carbons (Fsp3) is 0.730. The highest BCUT2D eigenvalue weighted by Crippen LogP contribution is 2.28. The zero-order chi connectivity index (χ0) is 40.7. The highest BCUT2D eigenvalue weighted by molar-refractivity contribution is 7.32. The van der Waals surface area contributed by atoms with Gasteiger partial charge < -0.3 is 54.5 Å². The van der Waals surface area contributed by atoms with Gasteiger partial charge in [-0.25, -0.2) is 0 Å². The molecule has 0 aliphatic rings. The second-order valence-corrected chi connectivity index (χ2v) is 12.7. The number of terminal acetylenes is 3. The maximum atomic E-state index is 13.3. The molecule has 0 heterocycles. The van der Waals surface area contributed by atoms with Gasteiger partial charge in [0.05, 0.1) is 59.5 Å². The predicted molar refractivity (Wildman–Crippen MR) is 203 cm³/mol. The fourth-order valence-corrected chi connectivity index (χ4v) is 5.24. The van der Waals surface area contributed by atoms with E-state index in [9.17, 15) is 23.7 Å². The SMILES string of the molecule is C#CCOCCOCCNCC(C=O)CC(CCC(=O)NCCOCCOCC#C)(CCC(=O)NCCOCCOCC#C)NC(=O)CCCCO[P+](=O)O. The lowest BCUT2D eigenvalue weighted by Crippen LogP contribution is -2.52. The number of unbranched alkanes of at least 4 members (excludes halogenated alkanes) is 1. The van der Waals surface area contributed by atoms with E-state index >= 15 is 0 Å². The van der Waals surface area contributed by atoms with Gasteiger partial charge in [-0.05, 0) is 32.1 Å². The Morgan fingerprint density at radius 1 is 0.655 bits per heavy atom. The lowest BCUT2D eigenvalue weighted by atomic mass is 9.79. The number of hydrogen-bond donors (Lipinski definition) is 5. The van der Waals surface area contributed by atoms with Crippen LogP contribution < -0.4 is 21.3 Å². The van der Waals surface area contributed by atoms with Gasteiger partial charge >= 0.3 is 8.25 Å². The molecule has 0 saturated carbocycles. The molecule has 0 saturated heterocycles. The Hall–Kier alpha value is -3.50. The van der Waals surface area contributed by atoms with Gasteiger partial charge in [-0.3, -0.25) is 14.4 Å². The Bertz CT molecular complexity index is 1140. The molecule has 0 fully saturated rings. The van der Waals surface area contributed by atoms with E-state index in [2.05, 4.69) is 43.6 Å². The molecule has 5 N–H and O–H groups in total. The number of rotatable bonds is 39. The Morgan fingerprint density at radius 3 is 1.58 bits per heavy atom. The van der Waals surface area contributed by atoms with Gasteiger partial charge in [-0.15, -0.1) is 28.7 Å². The number of carbonyl (C=O) groups excluding carboxylic acids is 4. The topological polar surface area (TPSA) is 218 Å². The zero-order valence-corrected chi connectivity index (χ0v) is 32.8. The summed E-state index contributed by atoms with van der Waals surface area (Å²) in [6.45, 7) is 4.47. The van der Waals surface area contributed by atoms with Crippen molar-refractivity contribution in [3.8, 4) is 37.0 Å². The molecule has 0 spiro atoms. The van der Waals surface area contributed by atoms with Crippen LogP contribution >= 0.6 is 8.25 Å². The van der Waals surface area contributed by atoms with E-state index in [4.69, 9.17) is 52.6 Å². The van der Waals surface area contributed by atoms with Crippen LogP contribution in [0.1, 0.15) is 51.4 Å². The third-order valence-electron chi connectivity index (χ3n) is 7.55. The Balaban J connectivity index is 5.65. The van der Waals surface area contributed by atoms with E-state index in [0.717, 1.165) is 6.29 Å². The largest absolute Gasteiger partial charge is 0.694 e. The molecule has 0 rings (SSSR count). The van der Waals surface area contributed by atoms with E-state index in [1.165, 1.54) is 0 Å². The average molecular weight is 800 g/mol. The van der Waals surface area contributed by atoms with Crippen molar-refractivity contribution >= 4 is 32.3 Å². The summed E-state index contributed by atoms with van der Waals surface area (Å²) in [6, 6.07) is 0. The standard InChI is InChI=1S/C37H59N4O13P/c1-4-17-48-24-27-51-21-14-38-31-33(32-42)30-37(41-36(45)9-7-8-20-54-55(46)47,12-10-34(43)39-15-22-52-28-25-49-18-5-2)13-11-35(44)40-16-23-53-29-26-50-19-6-3/h1-3,32-33,38H,7-31H2,(H3-,39,40,41,43,44,45,46,47)/p+1. The van der Waals surface area contributed by atoms with Crippen molar-refractivity contribution in [3.63, 3.8) is 0 Å². The van der Waals surface area contributed by atoms with Crippen molar-refractivity contribution < 1.29 is 61.6 Å². The highest BCUT2D eigenvalue weighted by Gasteiger charge is 2.35. The van der Waals surface area contributed by atoms with Crippen LogP contribution in [0, 0.1) is 42.9 Å². The maximum absolute atomic E-state index is 13.3. The average Bonchev–Trinajstić information content (AvgIpc) is 3.16. The molecular formula is C37H60N4O13P+. The first-order valence-electron chi connectivity index (χ1n) is 18.3. The molecule has 18 heteroatoms. The molecule has 0 aromatic heterocycles. The van der Waals surface area contributed by atoms with E-state index in [0.29, 0.717) is 65.6 Å². The smallest absolute Gasteiger partial charge is 0.378 e. The summed E-state index contributed by atoms with van der Waals surface area (Å²) in [5.74, 6) is 5.51. The lowest BCUT2D eigenvalue weighted by molar-refractivity contribution is -0.127. The second-order valence-electron chi connectivity index (χ2n) is 12.0. The lowest BCUT2D eigenvalue weighted by Gasteiger charge is -2.37. The molecule has 310 valence electrons. The second kappa shape index (κ2) is 37.4. The molecule has 55 heavy (non-hydrogen) atoms. The van der Waals surface area contributed by atoms with Gasteiger partial charge in [0.1, 0.15) is 32.7 Å². The molecule has 2 atom stereocenters. The minimum Gasteiger partial charge on any atom is -0.378 e. The van der Waals surface area contributed by atoms with Crippen molar-refractivity contribution in [2.24, 2.45) is 5.92 Å². The molecule has 0 aliphatic heterocycles. The summed E-state index contributed by atoms with van der Waals surface area (Å²) in [5.41, 5.74) is -1.13. The molecule has 17 nitrogen and oxygen atoms in total. The number of aldehydes is 1. The third kappa shape index (κ3) is 33.6. The van der Waals surface area contributed by atoms with E-state index < -0.39 is 19.7 Å². The minimum absolute atomic E-state index is 0.00566. The van der Waals surface area contributed by atoms with Crippen LogP contribution in [0.5, 0.6) is 0 Å². The zero-order valence-electron chi connectivity index (χ0n) is 31.9. The first kappa shape index (κ1) is 51.5. The van der Waals surface area contributed by atoms with Crippen molar-refractivity contribution in [1.82, 2.24) is 21.3 Å². The van der Waals surface area contributed by atoms with Crippen LogP contribution in [0.2, 0.25) is 0 Å². The molecular weight excluding hydrogens is 739 g/mol. The third-order valence-corrected chi connectivity index (χ3v) is 7.95. The summed E-state index contributed by atoms with van der Waals surface area (Å²) < 4.78 is 47.4. The van der Waals surface area contributed by atoms with Gasteiger partial charge in [0, 0.05) is 61.5 Å². The molecule has 3 amide bonds. The molecule has 0 aliphatic carbocycles. The van der Waals surface area contributed by atoms with Crippen LogP contribution in [-0.2, 0) is 56.7 Å². The van der Waals surface area contributed by atoms with Crippen molar-refractivity contribution in [2.75, 3.05) is 112 Å². The maximum Gasteiger partial charge on any atom is 0.694 e. The molecule has 0 aromatic rings. The fourth-order valence-electron chi connectivity index (χ4n) is 4.96. The van der Waals surface area contributed by atoms with Crippen LogP contribution in [0.15, 0.2) is 0 Å².